The third-order valence-corrected chi connectivity index (χ3v) is 5.44. The van der Waals surface area contributed by atoms with Crippen LogP contribution >= 0.6 is 0 Å². The van der Waals surface area contributed by atoms with E-state index in [-0.39, 0.29) is 6.61 Å². The van der Waals surface area contributed by atoms with Crippen LogP contribution in [0.25, 0.3) is 0 Å². The highest BCUT2D eigenvalue weighted by molar-refractivity contribution is 5.44. The number of aliphatic hydroxyl groups excluding tert-OH is 1. The Morgan fingerprint density at radius 2 is 1.11 bits per heavy atom. The maximum Gasteiger partial charge on any atom is 0.0434 e. The van der Waals surface area contributed by atoms with E-state index in [1.54, 1.807) is 0 Å². The Balaban J connectivity index is 1.82. The van der Waals surface area contributed by atoms with Gasteiger partial charge in [-0.05, 0) is 37.0 Å². The normalized spacial score (nSPS) is 11.0. The monoisotopic (exact) mass is 375 g/mol. The van der Waals surface area contributed by atoms with Gasteiger partial charge in [-0.3, -0.25) is 0 Å². The van der Waals surface area contributed by atoms with Crippen molar-refractivity contribution >= 4 is 5.69 Å². The molecule has 1 rings (SSSR count). The van der Waals surface area contributed by atoms with Crippen molar-refractivity contribution in [2.75, 3.05) is 18.5 Å². The van der Waals surface area contributed by atoms with E-state index in [2.05, 4.69) is 36.5 Å². The summed E-state index contributed by atoms with van der Waals surface area (Å²) in [4.78, 5) is 0. The molecular weight excluding hydrogens is 330 g/mol. The van der Waals surface area contributed by atoms with Crippen molar-refractivity contribution in [3.63, 3.8) is 0 Å². The lowest BCUT2D eigenvalue weighted by molar-refractivity contribution is 0.288. The number of nitrogens with one attached hydrogen (secondary N) is 1. The van der Waals surface area contributed by atoms with E-state index in [0.717, 1.165) is 19.4 Å². The molecule has 0 bridgehead atoms. The van der Waals surface area contributed by atoms with Gasteiger partial charge in [0.05, 0.1) is 0 Å². The second-order valence-electron chi connectivity index (χ2n) is 8.05. The molecule has 0 unspecified atom stereocenters. The zero-order valence-corrected chi connectivity index (χ0v) is 18.0. The van der Waals surface area contributed by atoms with Crippen molar-refractivity contribution in [3.8, 4) is 0 Å². The summed E-state index contributed by atoms with van der Waals surface area (Å²) in [5, 5.41) is 12.4. The fourth-order valence-electron chi connectivity index (χ4n) is 3.62. The maximum atomic E-state index is 8.87. The highest BCUT2D eigenvalue weighted by atomic mass is 16.2. The molecule has 0 saturated heterocycles. The molecule has 1 aromatic carbocycles. The highest BCUT2D eigenvalue weighted by Crippen LogP contribution is 2.14. The van der Waals surface area contributed by atoms with E-state index in [4.69, 9.17) is 5.11 Å². The molecule has 2 heteroatoms. The minimum atomic E-state index is 0.277. The summed E-state index contributed by atoms with van der Waals surface area (Å²) >= 11 is 0. The van der Waals surface area contributed by atoms with Crippen molar-refractivity contribution in [2.24, 2.45) is 0 Å². The van der Waals surface area contributed by atoms with Crippen LogP contribution in [0.3, 0.4) is 0 Å². The van der Waals surface area contributed by atoms with Crippen molar-refractivity contribution in [2.45, 2.75) is 110 Å². The highest BCUT2D eigenvalue weighted by Gasteiger charge is 1.96. The number of hydrogen-bond acceptors (Lipinski definition) is 2. The molecule has 1 aromatic rings. The SMILES string of the molecule is CCCCCCCCCCCCCCCCNc1ccc(CCCO)cc1. The van der Waals surface area contributed by atoms with Gasteiger partial charge in [-0.15, -0.1) is 0 Å². The van der Waals surface area contributed by atoms with Gasteiger partial charge in [0.2, 0.25) is 0 Å². The summed E-state index contributed by atoms with van der Waals surface area (Å²) in [6.07, 6.45) is 21.6. The van der Waals surface area contributed by atoms with Crippen molar-refractivity contribution < 1.29 is 5.11 Å². The summed E-state index contributed by atoms with van der Waals surface area (Å²) in [5.74, 6) is 0. The standard InChI is InChI=1S/C25H45NO/c1-2-3-4-5-6-7-8-9-10-11-12-13-14-15-22-26-25-20-18-24(19-21-25)17-16-23-27/h18-21,26-27H,2-17,22-23H2,1H3. The Hall–Kier alpha value is -1.02. The molecule has 0 amide bonds. The number of benzene rings is 1. The van der Waals surface area contributed by atoms with Crippen molar-refractivity contribution in [1.29, 1.82) is 0 Å². The number of hydrogen-bond donors (Lipinski definition) is 2. The van der Waals surface area contributed by atoms with Gasteiger partial charge in [0, 0.05) is 18.8 Å². The molecule has 0 spiro atoms. The zero-order chi connectivity index (χ0) is 19.4. The van der Waals surface area contributed by atoms with Crippen LogP contribution in [0, 0.1) is 0 Å². The molecular formula is C25H45NO. The van der Waals surface area contributed by atoms with Crippen LogP contribution in [0.2, 0.25) is 0 Å². The van der Waals surface area contributed by atoms with Crippen LogP contribution in [-0.2, 0) is 6.42 Å². The van der Waals surface area contributed by atoms with E-state index in [1.165, 1.54) is 101 Å². The topological polar surface area (TPSA) is 32.3 Å². The molecule has 0 aromatic heterocycles. The van der Waals surface area contributed by atoms with Crippen LogP contribution in [0.4, 0.5) is 5.69 Å². The van der Waals surface area contributed by atoms with Crippen LogP contribution < -0.4 is 5.32 Å². The molecule has 2 N–H and O–H groups in total. The fraction of sp³-hybridized carbons (Fsp3) is 0.760. The average Bonchev–Trinajstić information content (AvgIpc) is 2.70. The molecule has 0 radical (unpaired) electrons. The van der Waals surface area contributed by atoms with Gasteiger partial charge >= 0.3 is 0 Å². The van der Waals surface area contributed by atoms with Gasteiger partial charge in [0.1, 0.15) is 0 Å². The second-order valence-corrected chi connectivity index (χ2v) is 8.05. The predicted octanol–water partition coefficient (Wildman–Crippen LogP) is 7.50. The quantitative estimate of drug-likeness (QED) is 0.245. The smallest absolute Gasteiger partial charge is 0.0434 e. The van der Waals surface area contributed by atoms with Gasteiger partial charge in [0.25, 0.3) is 0 Å². The fourth-order valence-corrected chi connectivity index (χ4v) is 3.62. The summed E-state index contributed by atoms with van der Waals surface area (Å²) in [7, 11) is 0. The molecule has 0 aliphatic rings. The molecule has 0 saturated carbocycles. The Kier molecular flexibility index (Phi) is 16.3. The van der Waals surface area contributed by atoms with E-state index in [1.807, 2.05) is 0 Å². The van der Waals surface area contributed by atoms with Gasteiger partial charge in [-0.25, -0.2) is 0 Å². The minimum Gasteiger partial charge on any atom is -0.396 e. The zero-order valence-electron chi connectivity index (χ0n) is 18.0. The number of unbranched alkanes of at least 4 members (excludes halogenated alkanes) is 13. The predicted molar refractivity (Wildman–Crippen MR) is 121 cm³/mol. The third-order valence-electron chi connectivity index (χ3n) is 5.44. The maximum absolute atomic E-state index is 8.87. The van der Waals surface area contributed by atoms with Crippen LogP contribution in [0.15, 0.2) is 24.3 Å². The summed E-state index contributed by atoms with van der Waals surface area (Å²) in [5.41, 5.74) is 2.53. The van der Waals surface area contributed by atoms with E-state index >= 15 is 0 Å². The van der Waals surface area contributed by atoms with Crippen molar-refractivity contribution in [3.05, 3.63) is 29.8 Å². The first-order chi connectivity index (χ1) is 13.4. The largest absolute Gasteiger partial charge is 0.396 e. The molecule has 0 atom stereocenters. The van der Waals surface area contributed by atoms with Gasteiger partial charge in [-0.2, -0.15) is 0 Å². The Morgan fingerprint density at radius 3 is 1.59 bits per heavy atom. The second kappa shape index (κ2) is 18.3. The molecule has 0 fully saturated rings. The van der Waals surface area contributed by atoms with E-state index < -0.39 is 0 Å². The summed E-state index contributed by atoms with van der Waals surface area (Å²) in [6.45, 7) is 3.64. The third kappa shape index (κ3) is 14.7. The summed E-state index contributed by atoms with van der Waals surface area (Å²) < 4.78 is 0. The number of aryl methyl sites for hydroxylation is 1. The molecule has 156 valence electrons. The number of anilines is 1. The number of rotatable bonds is 19. The summed E-state index contributed by atoms with van der Waals surface area (Å²) in [6, 6.07) is 8.67. The first-order valence-electron chi connectivity index (χ1n) is 11.8. The molecule has 0 aliphatic heterocycles. The lowest BCUT2D eigenvalue weighted by Crippen LogP contribution is -2.01. The Labute approximate surface area is 169 Å². The molecule has 27 heavy (non-hydrogen) atoms. The Bertz CT molecular complexity index is 415. The van der Waals surface area contributed by atoms with Gasteiger partial charge in [0.15, 0.2) is 0 Å². The average molecular weight is 376 g/mol. The molecule has 2 nitrogen and oxygen atoms in total. The van der Waals surface area contributed by atoms with E-state index in [0.29, 0.717) is 0 Å². The first kappa shape index (κ1) is 24.0. The van der Waals surface area contributed by atoms with Crippen LogP contribution in [0.1, 0.15) is 109 Å². The first-order valence-corrected chi connectivity index (χ1v) is 11.8. The van der Waals surface area contributed by atoms with Crippen LogP contribution in [-0.4, -0.2) is 18.3 Å². The van der Waals surface area contributed by atoms with Crippen molar-refractivity contribution in [1.82, 2.24) is 0 Å². The molecule has 0 aliphatic carbocycles. The van der Waals surface area contributed by atoms with Crippen LogP contribution in [0.5, 0.6) is 0 Å². The Morgan fingerprint density at radius 1 is 0.630 bits per heavy atom. The van der Waals surface area contributed by atoms with Gasteiger partial charge < -0.3 is 10.4 Å². The van der Waals surface area contributed by atoms with Gasteiger partial charge in [-0.1, -0.05) is 103 Å². The molecule has 0 heterocycles. The minimum absolute atomic E-state index is 0.277. The number of aliphatic hydroxyl groups is 1. The lowest BCUT2D eigenvalue weighted by atomic mass is 10.0. The lowest BCUT2D eigenvalue weighted by Gasteiger charge is -2.07. The van der Waals surface area contributed by atoms with E-state index in [9.17, 15) is 0 Å².